The van der Waals surface area contributed by atoms with Crippen molar-refractivity contribution >= 4 is 12.4 Å². The van der Waals surface area contributed by atoms with Crippen molar-refractivity contribution in [3.8, 4) is 0 Å². The highest BCUT2D eigenvalue weighted by molar-refractivity contribution is 5.72. The van der Waals surface area contributed by atoms with E-state index in [2.05, 4.69) is 25.7 Å². The number of hydrogen-bond acceptors (Lipinski definition) is 6. The zero-order valence-electron chi connectivity index (χ0n) is 25.4. The minimum absolute atomic E-state index is 0.0377. The fraction of sp³-hybridized carbons (Fsp3) is 0.938. The summed E-state index contributed by atoms with van der Waals surface area (Å²) in [7, 11) is 0. The Labute approximate surface area is 235 Å². The van der Waals surface area contributed by atoms with Crippen LogP contribution in [0.15, 0.2) is 0 Å². The third-order valence-electron chi connectivity index (χ3n) is 7.64. The predicted molar refractivity (Wildman–Crippen MR) is 158 cm³/mol. The molecule has 0 rings (SSSR count). The Morgan fingerprint density at radius 2 is 1.18 bits per heavy atom. The normalized spacial score (nSPS) is 13.0. The summed E-state index contributed by atoms with van der Waals surface area (Å²) >= 11 is 0. The van der Waals surface area contributed by atoms with Crippen molar-refractivity contribution in [2.24, 2.45) is 5.92 Å². The van der Waals surface area contributed by atoms with Crippen molar-refractivity contribution in [1.82, 2.24) is 4.90 Å². The lowest BCUT2D eigenvalue weighted by molar-refractivity contribution is -0.149. The number of nitrogens with zero attached hydrogens (tertiary/aromatic N) is 1. The largest absolute Gasteiger partial charge is 0.468 e. The van der Waals surface area contributed by atoms with Gasteiger partial charge in [-0.3, -0.25) is 14.5 Å². The van der Waals surface area contributed by atoms with E-state index >= 15 is 0 Å². The van der Waals surface area contributed by atoms with E-state index in [0.29, 0.717) is 19.7 Å². The summed E-state index contributed by atoms with van der Waals surface area (Å²) in [5.41, 5.74) is 0. The number of ether oxygens (including phenoxy) is 2. The first-order valence-electron chi connectivity index (χ1n) is 16.2. The molecule has 0 aromatic rings. The highest BCUT2D eigenvalue weighted by Gasteiger charge is 2.19. The van der Waals surface area contributed by atoms with Gasteiger partial charge in [0.2, 0.25) is 0 Å². The molecule has 0 spiro atoms. The van der Waals surface area contributed by atoms with Crippen molar-refractivity contribution in [2.75, 3.05) is 32.9 Å². The molecule has 6 heteroatoms. The lowest BCUT2D eigenvalue weighted by atomic mass is 9.94. The smallest absolute Gasteiger partial charge is 0.308 e. The van der Waals surface area contributed by atoms with E-state index in [1.807, 2.05) is 0 Å². The van der Waals surface area contributed by atoms with Gasteiger partial charge in [-0.1, -0.05) is 104 Å². The van der Waals surface area contributed by atoms with Crippen LogP contribution in [0.3, 0.4) is 0 Å². The lowest BCUT2D eigenvalue weighted by Crippen LogP contribution is -2.37. The second kappa shape index (κ2) is 28.9. The molecule has 0 saturated heterocycles. The topological polar surface area (TPSA) is 76.1 Å². The number of hydrogen-bond donors (Lipinski definition) is 1. The van der Waals surface area contributed by atoms with Crippen LogP contribution in [0, 0.1) is 5.92 Å². The molecule has 0 heterocycles. The molecule has 0 amide bonds. The van der Waals surface area contributed by atoms with E-state index in [1.165, 1.54) is 51.4 Å². The summed E-state index contributed by atoms with van der Waals surface area (Å²) in [6.45, 7) is 10.3. The van der Waals surface area contributed by atoms with Gasteiger partial charge in [0, 0.05) is 6.04 Å². The fourth-order valence-corrected chi connectivity index (χ4v) is 5.00. The van der Waals surface area contributed by atoms with Gasteiger partial charge in [-0.05, 0) is 58.5 Å². The minimum Gasteiger partial charge on any atom is -0.468 e. The first-order chi connectivity index (χ1) is 18.6. The quantitative estimate of drug-likeness (QED) is 0.0567. The molecule has 38 heavy (non-hydrogen) atoms. The van der Waals surface area contributed by atoms with Gasteiger partial charge in [0.15, 0.2) is 0 Å². The van der Waals surface area contributed by atoms with Crippen LogP contribution in [0.2, 0.25) is 0 Å². The number of esters is 1. The molecular weight excluding hydrogens is 478 g/mol. The molecule has 2 unspecified atom stereocenters. The van der Waals surface area contributed by atoms with Crippen LogP contribution >= 0.6 is 0 Å². The van der Waals surface area contributed by atoms with E-state index in [4.69, 9.17) is 9.47 Å². The zero-order chi connectivity index (χ0) is 28.1. The Balaban J connectivity index is 4.12. The fourth-order valence-electron chi connectivity index (χ4n) is 5.00. The van der Waals surface area contributed by atoms with Crippen molar-refractivity contribution in [1.29, 1.82) is 0 Å². The number of unbranched alkanes of at least 4 members (excludes halogenated alkanes) is 14. The molecule has 1 N–H and O–H groups in total. The second-order valence-corrected chi connectivity index (χ2v) is 11.1. The SMILES string of the molecule is CCCCCCCCC(CCCCCC)C(=O)OCCCCCCN(CCCCCCOC=O)C(C)CO. The van der Waals surface area contributed by atoms with E-state index < -0.39 is 0 Å². The summed E-state index contributed by atoms with van der Waals surface area (Å²) in [6.07, 6.45) is 22.8. The van der Waals surface area contributed by atoms with Crippen molar-refractivity contribution in [3.63, 3.8) is 0 Å². The molecule has 226 valence electrons. The van der Waals surface area contributed by atoms with Crippen LogP contribution in [0.5, 0.6) is 0 Å². The van der Waals surface area contributed by atoms with Crippen LogP contribution in [0.25, 0.3) is 0 Å². The highest BCUT2D eigenvalue weighted by atomic mass is 16.5. The van der Waals surface area contributed by atoms with E-state index in [-0.39, 0.29) is 24.5 Å². The van der Waals surface area contributed by atoms with Crippen molar-refractivity contribution in [2.45, 2.75) is 155 Å². The highest BCUT2D eigenvalue weighted by Crippen LogP contribution is 2.21. The molecule has 6 nitrogen and oxygen atoms in total. The van der Waals surface area contributed by atoms with Gasteiger partial charge in [-0.15, -0.1) is 0 Å². The van der Waals surface area contributed by atoms with E-state index in [0.717, 1.165) is 90.1 Å². The molecule has 0 bridgehead atoms. The first-order valence-corrected chi connectivity index (χ1v) is 16.2. The third-order valence-corrected chi connectivity index (χ3v) is 7.64. The Bertz CT molecular complexity index is 516. The number of carbonyl (C=O) groups excluding carboxylic acids is 2. The molecule has 0 aliphatic carbocycles. The monoisotopic (exact) mass is 541 g/mol. The van der Waals surface area contributed by atoms with Crippen LogP contribution in [-0.2, 0) is 19.1 Å². The molecular formula is C32H63NO5. The molecule has 0 aliphatic rings. The van der Waals surface area contributed by atoms with Gasteiger partial charge in [0.25, 0.3) is 6.47 Å². The maximum atomic E-state index is 12.8. The van der Waals surface area contributed by atoms with Crippen LogP contribution in [0.4, 0.5) is 0 Å². The molecule has 0 aliphatic heterocycles. The number of aliphatic hydroxyl groups excluding tert-OH is 1. The van der Waals surface area contributed by atoms with E-state index in [9.17, 15) is 14.7 Å². The van der Waals surface area contributed by atoms with Crippen molar-refractivity contribution in [3.05, 3.63) is 0 Å². The summed E-state index contributed by atoms with van der Waals surface area (Å²) in [6, 6.07) is 0.176. The number of rotatable bonds is 30. The van der Waals surface area contributed by atoms with Gasteiger partial charge in [0.05, 0.1) is 25.7 Å². The molecule has 2 atom stereocenters. The summed E-state index contributed by atoms with van der Waals surface area (Å²) in [5.74, 6) is 0.125. The second-order valence-electron chi connectivity index (χ2n) is 11.1. The Hall–Kier alpha value is -1.14. The first kappa shape index (κ1) is 36.9. The van der Waals surface area contributed by atoms with Crippen LogP contribution in [0.1, 0.15) is 149 Å². The maximum absolute atomic E-state index is 12.8. The maximum Gasteiger partial charge on any atom is 0.308 e. The molecule has 0 saturated carbocycles. The summed E-state index contributed by atoms with van der Waals surface area (Å²) < 4.78 is 10.5. The average molecular weight is 542 g/mol. The Morgan fingerprint density at radius 3 is 1.74 bits per heavy atom. The molecule has 0 radical (unpaired) electrons. The third kappa shape index (κ3) is 22.8. The van der Waals surface area contributed by atoms with Crippen LogP contribution < -0.4 is 0 Å². The number of carbonyl (C=O) groups is 2. The Morgan fingerprint density at radius 1 is 0.711 bits per heavy atom. The molecule has 0 fully saturated rings. The molecule has 0 aromatic heterocycles. The summed E-state index contributed by atoms with van der Waals surface area (Å²) in [5, 5.41) is 9.62. The standard InChI is InChI=1S/C32H63NO5/c1-4-6-8-10-11-17-23-31(22-16-9-7-5-2)32(36)38-27-21-15-13-19-25-33(30(3)28-34)24-18-12-14-20-26-37-29-35/h29-31,34H,4-28H2,1-3H3. The minimum atomic E-state index is 0.0377. The van der Waals surface area contributed by atoms with Gasteiger partial charge in [-0.2, -0.15) is 0 Å². The van der Waals surface area contributed by atoms with Gasteiger partial charge >= 0.3 is 5.97 Å². The zero-order valence-corrected chi connectivity index (χ0v) is 25.4. The summed E-state index contributed by atoms with van der Waals surface area (Å²) in [4.78, 5) is 25.3. The van der Waals surface area contributed by atoms with Crippen molar-refractivity contribution < 1.29 is 24.2 Å². The van der Waals surface area contributed by atoms with Gasteiger partial charge in [0.1, 0.15) is 0 Å². The average Bonchev–Trinajstić information content (AvgIpc) is 2.93. The van der Waals surface area contributed by atoms with E-state index in [1.54, 1.807) is 0 Å². The Kier molecular flexibility index (Phi) is 28.0. The number of aliphatic hydroxyl groups is 1. The lowest BCUT2D eigenvalue weighted by Gasteiger charge is -2.27. The molecule has 0 aromatic carbocycles. The van der Waals surface area contributed by atoms with Gasteiger partial charge < -0.3 is 14.6 Å². The van der Waals surface area contributed by atoms with Crippen LogP contribution in [-0.4, -0.2) is 61.4 Å². The predicted octanol–water partition coefficient (Wildman–Crippen LogP) is 7.84. The van der Waals surface area contributed by atoms with Gasteiger partial charge in [-0.25, -0.2) is 0 Å².